The Balaban J connectivity index is 1.98. The van der Waals surface area contributed by atoms with Gasteiger partial charge in [-0.15, -0.1) is 11.6 Å². The van der Waals surface area contributed by atoms with Crippen LogP contribution in [0.4, 0.5) is 11.8 Å². The van der Waals surface area contributed by atoms with Gasteiger partial charge in [0.25, 0.3) is 0 Å². The van der Waals surface area contributed by atoms with Gasteiger partial charge in [0.1, 0.15) is 0 Å². The number of aromatic nitrogens is 2. The van der Waals surface area contributed by atoms with Gasteiger partial charge in [0.2, 0.25) is 11.9 Å². The molecule has 0 saturated heterocycles. The molecule has 0 spiro atoms. The molecule has 6 nitrogen and oxygen atoms in total. The molecule has 2 unspecified atom stereocenters. The van der Waals surface area contributed by atoms with Gasteiger partial charge in [0.15, 0.2) is 5.82 Å². The van der Waals surface area contributed by atoms with Crippen LogP contribution in [0, 0.1) is 5.92 Å². The number of halogens is 2. The molecule has 1 aliphatic heterocycles. The molecule has 0 aromatic carbocycles. The fourth-order valence-corrected chi connectivity index (χ4v) is 3.14. The maximum Gasteiger partial charge on any atom is 0.231 e. The third kappa shape index (κ3) is 2.68. The number of allylic oxidation sites excluding steroid dienone is 2. The molecule has 0 bridgehead atoms. The Bertz CT molecular complexity index is 719. The number of carbonyl (C=O) groups excluding carboxylic acids is 1. The number of nitrogens with zero attached hydrogens (tertiary/aromatic N) is 4. The molecule has 1 aromatic rings. The maximum absolute atomic E-state index is 11.3. The molecule has 0 fully saturated rings. The first-order valence-corrected chi connectivity index (χ1v) is 7.76. The van der Waals surface area contributed by atoms with Gasteiger partial charge in [0.05, 0.1) is 27.7 Å². The van der Waals surface area contributed by atoms with Crippen molar-refractivity contribution in [1.82, 2.24) is 9.55 Å². The second-order valence-corrected chi connectivity index (χ2v) is 6.26. The fraction of sp³-hybridized carbons (Fsp3) is 0.429. The van der Waals surface area contributed by atoms with Gasteiger partial charge in [-0.25, -0.2) is 15.0 Å². The summed E-state index contributed by atoms with van der Waals surface area (Å²) >= 11 is 12.5. The van der Waals surface area contributed by atoms with Crippen LogP contribution in [-0.4, -0.2) is 32.8 Å². The normalized spacial score (nSPS) is 26.0. The molecule has 8 heteroatoms. The van der Waals surface area contributed by atoms with Crippen LogP contribution >= 0.6 is 23.2 Å². The van der Waals surface area contributed by atoms with E-state index in [-0.39, 0.29) is 5.38 Å². The summed E-state index contributed by atoms with van der Waals surface area (Å²) in [6.07, 6.45) is 5.53. The Kier molecular flexibility index (Phi) is 4.06. The first-order valence-electron chi connectivity index (χ1n) is 6.95. The van der Waals surface area contributed by atoms with Crippen molar-refractivity contribution in [2.45, 2.75) is 24.6 Å². The lowest BCUT2D eigenvalue weighted by molar-refractivity contribution is -0.119. The van der Waals surface area contributed by atoms with Crippen LogP contribution in [0.3, 0.4) is 0 Å². The van der Waals surface area contributed by atoms with Crippen molar-refractivity contribution < 1.29 is 4.79 Å². The minimum absolute atomic E-state index is 0.229. The molecule has 2 aliphatic rings. The molecule has 2 N–H and O–H groups in total. The molecule has 3 rings (SSSR count). The van der Waals surface area contributed by atoms with Crippen LogP contribution in [-0.2, 0) is 18.3 Å². The molecular formula is C14H15Cl2N5O. The van der Waals surface area contributed by atoms with E-state index in [4.69, 9.17) is 28.9 Å². The van der Waals surface area contributed by atoms with Crippen LogP contribution in [0.1, 0.15) is 18.5 Å². The van der Waals surface area contributed by atoms with E-state index in [1.54, 1.807) is 10.8 Å². The number of hydrogen-bond acceptors (Lipinski definition) is 4. The number of fused-ring (bicyclic) bond motifs is 1. The summed E-state index contributed by atoms with van der Waals surface area (Å²) in [7, 11) is 1.82. The number of primary amides is 1. The Morgan fingerprint density at radius 1 is 1.55 bits per heavy atom. The molecule has 0 saturated carbocycles. The monoisotopic (exact) mass is 339 g/mol. The van der Waals surface area contributed by atoms with E-state index in [1.807, 2.05) is 13.1 Å². The van der Waals surface area contributed by atoms with Gasteiger partial charge in [-0.3, -0.25) is 9.36 Å². The van der Waals surface area contributed by atoms with Gasteiger partial charge in [0, 0.05) is 19.7 Å². The molecule has 1 aliphatic carbocycles. The molecule has 2 atom stereocenters. The average Bonchev–Trinajstić information content (AvgIpc) is 2.79. The van der Waals surface area contributed by atoms with Gasteiger partial charge >= 0.3 is 0 Å². The van der Waals surface area contributed by atoms with Crippen molar-refractivity contribution in [3.8, 4) is 0 Å². The lowest BCUT2D eigenvalue weighted by Gasteiger charge is -2.16. The second kappa shape index (κ2) is 5.85. The Hall–Kier alpha value is -1.66. The summed E-state index contributed by atoms with van der Waals surface area (Å²) < 4.78 is 1.76. The van der Waals surface area contributed by atoms with E-state index < -0.39 is 11.8 Å². The Morgan fingerprint density at radius 3 is 3.00 bits per heavy atom. The summed E-state index contributed by atoms with van der Waals surface area (Å²) in [5, 5.41) is 0.332. The zero-order valence-corrected chi connectivity index (χ0v) is 13.5. The van der Waals surface area contributed by atoms with Crippen molar-refractivity contribution in [1.29, 1.82) is 0 Å². The van der Waals surface area contributed by atoms with Crippen molar-refractivity contribution >= 4 is 52.8 Å². The van der Waals surface area contributed by atoms with Crippen LogP contribution in [0.15, 0.2) is 21.1 Å². The summed E-state index contributed by atoms with van der Waals surface area (Å²) in [4.78, 5) is 24.5. The highest BCUT2D eigenvalue weighted by Gasteiger charge is 2.26. The molecule has 2 heterocycles. The minimum atomic E-state index is -0.429. The average molecular weight is 340 g/mol. The summed E-state index contributed by atoms with van der Waals surface area (Å²) in [6.45, 7) is 0. The molecule has 22 heavy (non-hydrogen) atoms. The summed E-state index contributed by atoms with van der Waals surface area (Å²) in [5.41, 5.74) is 6.64. The van der Waals surface area contributed by atoms with Crippen molar-refractivity contribution in [3.05, 3.63) is 16.8 Å². The number of aliphatic imine (C=N–C) groups is 2. The largest absolute Gasteiger partial charge is 0.369 e. The SMILES string of the molecule is Cn1c(N=C2C(Cl)=CCCC2Cl)nc2c1N=CC(C(N)=O)C2. The zero-order chi connectivity index (χ0) is 15.9. The highest BCUT2D eigenvalue weighted by atomic mass is 35.5. The van der Waals surface area contributed by atoms with E-state index in [0.29, 0.717) is 34.6 Å². The first-order chi connectivity index (χ1) is 10.5. The quantitative estimate of drug-likeness (QED) is 0.838. The van der Waals surface area contributed by atoms with Gasteiger partial charge in [-0.2, -0.15) is 0 Å². The summed E-state index contributed by atoms with van der Waals surface area (Å²) in [5.74, 6) is 0.314. The van der Waals surface area contributed by atoms with E-state index in [1.165, 1.54) is 0 Å². The first kappa shape index (κ1) is 15.2. The van der Waals surface area contributed by atoms with Crippen LogP contribution in [0.25, 0.3) is 0 Å². The van der Waals surface area contributed by atoms with Crippen LogP contribution in [0.5, 0.6) is 0 Å². The van der Waals surface area contributed by atoms with Crippen LogP contribution in [0.2, 0.25) is 0 Å². The fourth-order valence-electron chi connectivity index (χ4n) is 2.51. The lowest BCUT2D eigenvalue weighted by atomic mass is 10.0. The zero-order valence-electron chi connectivity index (χ0n) is 12.0. The predicted molar refractivity (Wildman–Crippen MR) is 87.7 cm³/mol. The second-order valence-electron chi connectivity index (χ2n) is 5.33. The number of carbonyl (C=O) groups is 1. The smallest absolute Gasteiger partial charge is 0.231 e. The highest BCUT2D eigenvalue weighted by molar-refractivity contribution is 6.50. The standard InChI is InChI=1S/C14H15Cl2N5O/c1-21-13-10(5-7(6-18-13)12(17)22)19-14(21)20-11-8(15)3-2-4-9(11)16/h3,6-7,9H,2,4-5H2,1H3,(H2,17,22). The molecular weight excluding hydrogens is 325 g/mol. The van der Waals surface area contributed by atoms with Crippen molar-refractivity contribution in [2.24, 2.45) is 28.7 Å². The van der Waals surface area contributed by atoms with Crippen LogP contribution < -0.4 is 5.73 Å². The molecule has 1 aromatic heterocycles. The van der Waals surface area contributed by atoms with Gasteiger partial charge in [-0.05, 0) is 12.8 Å². The van der Waals surface area contributed by atoms with Gasteiger partial charge < -0.3 is 5.73 Å². The summed E-state index contributed by atoms with van der Waals surface area (Å²) in [6, 6.07) is 0. The van der Waals surface area contributed by atoms with E-state index in [9.17, 15) is 4.79 Å². The van der Waals surface area contributed by atoms with E-state index in [2.05, 4.69) is 15.0 Å². The molecule has 0 radical (unpaired) electrons. The third-order valence-electron chi connectivity index (χ3n) is 3.77. The molecule has 1 amide bonds. The predicted octanol–water partition coefficient (Wildman–Crippen LogP) is 2.38. The Morgan fingerprint density at radius 2 is 2.32 bits per heavy atom. The van der Waals surface area contributed by atoms with Crippen molar-refractivity contribution in [2.75, 3.05) is 0 Å². The maximum atomic E-state index is 11.3. The molecule has 116 valence electrons. The van der Waals surface area contributed by atoms with E-state index in [0.717, 1.165) is 12.8 Å². The van der Waals surface area contributed by atoms with Gasteiger partial charge in [-0.1, -0.05) is 17.7 Å². The number of amides is 1. The number of hydrogen-bond donors (Lipinski definition) is 1. The lowest BCUT2D eigenvalue weighted by Crippen LogP contribution is -2.27. The van der Waals surface area contributed by atoms with E-state index >= 15 is 0 Å². The number of nitrogens with two attached hydrogens (primary N) is 1. The minimum Gasteiger partial charge on any atom is -0.369 e. The number of alkyl halides is 1. The topological polar surface area (TPSA) is 85.6 Å². The Labute approximate surface area is 137 Å². The highest BCUT2D eigenvalue weighted by Crippen LogP contribution is 2.32. The number of rotatable bonds is 2. The number of imidazole rings is 1. The third-order valence-corrected chi connectivity index (χ3v) is 4.54. The van der Waals surface area contributed by atoms with Crippen molar-refractivity contribution in [3.63, 3.8) is 0 Å².